The number of benzene rings is 2. The van der Waals surface area contributed by atoms with Crippen LogP contribution in [-0.4, -0.2) is 19.9 Å². The number of hydrogen-bond donors (Lipinski definition) is 2. The molecule has 0 aliphatic heterocycles. The molecule has 1 heterocycles. The third-order valence-corrected chi connectivity index (χ3v) is 3.79. The minimum absolute atomic E-state index is 0.238. The monoisotopic (exact) mass is 308 g/mol. The van der Waals surface area contributed by atoms with Crippen molar-refractivity contribution < 1.29 is 5.11 Å². The molecule has 0 aliphatic carbocycles. The Bertz CT molecular complexity index is 792. The molecule has 1 aromatic heterocycles. The second-order valence-electron chi connectivity index (χ2n) is 6.07. The lowest BCUT2D eigenvalue weighted by Gasteiger charge is -2.26. The Kier molecular flexibility index (Phi) is 3.78. The van der Waals surface area contributed by atoms with Gasteiger partial charge in [-0.15, -0.1) is 10.2 Å². The Morgan fingerprint density at radius 1 is 0.957 bits per heavy atom. The number of aromatic nitrogens is 3. The molecule has 118 valence electrons. The molecule has 0 unspecified atom stereocenters. The molecule has 0 spiro atoms. The fourth-order valence-corrected chi connectivity index (χ4v) is 2.67. The van der Waals surface area contributed by atoms with Crippen molar-refractivity contribution in [2.24, 2.45) is 7.05 Å². The maximum absolute atomic E-state index is 9.42. The van der Waals surface area contributed by atoms with E-state index in [1.165, 1.54) is 0 Å². The summed E-state index contributed by atoms with van der Waals surface area (Å²) in [6.45, 7) is 4.15. The molecule has 2 aromatic carbocycles. The van der Waals surface area contributed by atoms with Crippen molar-refractivity contribution in [3.05, 3.63) is 60.4 Å². The molecule has 0 fully saturated rings. The summed E-state index contributed by atoms with van der Waals surface area (Å²) in [5, 5.41) is 21.6. The highest BCUT2D eigenvalue weighted by atomic mass is 16.3. The minimum atomic E-state index is -0.377. The van der Waals surface area contributed by atoms with Crippen molar-refractivity contribution in [3.63, 3.8) is 0 Å². The molecular weight excluding hydrogens is 288 g/mol. The van der Waals surface area contributed by atoms with Crippen LogP contribution in [0.15, 0.2) is 54.6 Å². The number of aromatic hydroxyl groups is 1. The van der Waals surface area contributed by atoms with Crippen molar-refractivity contribution in [2.75, 3.05) is 5.32 Å². The fraction of sp³-hybridized carbons (Fsp3) is 0.222. The number of nitrogens with zero attached hydrogens (tertiary/aromatic N) is 3. The normalized spacial score (nSPS) is 11.4. The number of phenolic OH excluding ortho intramolecular Hbond substituents is 1. The van der Waals surface area contributed by atoms with Gasteiger partial charge in [0, 0.05) is 18.3 Å². The van der Waals surface area contributed by atoms with Gasteiger partial charge < -0.3 is 15.0 Å². The first-order chi connectivity index (χ1) is 11.0. The van der Waals surface area contributed by atoms with Crippen molar-refractivity contribution in [3.8, 4) is 17.1 Å². The lowest BCUT2D eigenvalue weighted by Crippen LogP contribution is -2.31. The Balaban J connectivity index is 1.93. The van der Waals surface area contributed by atoms with Gasteiger partial charge in [0.1, 0.15) is 5.75 Å². The second kappa shape index (κ2) is 5.76. The van der Waals surface area contributed by atoms with Crippen LogP contribution in [0.4, 0.5) is 5.69 Å². The molecule has 0 atom stereocenters. The van der Waals surface area contributed by atoms with E-state index in [4.69, 9.17) is 0 Å². The lowest BCUT2D eigenvalue weighted by atomic mass is 10.0. The Morgan fingerprint density at radius 3 is 2.26 bits per heavy atom. The van der Waals surface area contributed by atoms with Gasteiger partial charge in [-0.2, -0.15) is 0 Å². The van der Waals surface area contributed by atoms with E-state index in [2.05, 4.69) is 29.4 Å². The molecular formula is C18H20N4O. The largest absolute Gasteiger partial charge is 0.508 e. The number of nitrogens with one attached hydrogen (secondary N) is 1. The predicted molar refractivity (Wildman–Crippen MR) is 91.2 cm³/mol. The molecule has 3 aromatic rings. The van der Waals surface area contributed by atoms with Gasteiger partial charge in [0.2, 0.25) is 0 Å². The van der Waals surface area contributed by atoms with Crippen molar-refractivity contribution in [1.29, 1.82) is 0 Å². The standard InChI is InChI=1S/C18H20N4O/c1-18(2,19-14-7-5-4-6-8-14)17-21-20-16(22(17)3)13-9-11-15(23)12-10-13/h4-12,19,23H,1-3H3. The molecule has 0 bridgehead atoms. The van der Waals surface area contributed by atoms with Crippen molar-refractivity contribution >= 4 is 5.69 Å². The van der Waals surface area contributed by atoms with E-state index in [1.807, 2.05) is 54.1 Å². The summed E-state index contributed by atoms with van der Waals surface area (Å²) in [7, 11) is 1.95. The summed E-state index contributed by atoms with van der Waals surface area (Å²) in [5.41, 5.74) is 1.57. The van der Waals surface area contributed by atoms with Crippen LogP contribution in [0.1, 0.15) is 19.7 Å². The molecule has 0 saturated heterocycles. The first-order valence-electron chi connectivity index (χ1n) is 7.50. The van der Waals surface area contributed by atoms with Crippen LogP contribution < -0.4 is 5.32 Å². The van der Waals surface area contributed by atoms with Crippen LogP contribution in [-0.2, 0) is 12.6 Å². The first kappa shape index (κ1) is 15.1. The van der Waals surface area contributed by atoms with Crippen LogP contribution in [0.3, 0.4) is 0 Å². The minimum Gasteiger partial charge on any atom is -0.508 e. The Morgan fingerprint density at radius 2 is 1.61 bits per heavy atom. The van der Waals surface area contributed by atoms with Gasteiger partial charge in [-0.05, 0) is 50.2 Å². The summed E-state index contributed by atoms with van der Waals surface area (Å²) >= 11 is 0. The number of phenols is 1. The number of anilines is 1. The van der Waals surface area contributed by atoms with E-state index in [-0.39, 0.29) is 11.3 Å². The van der Waals surface area contributed by atoms with Crippen LogP contribution >= 0.6 is 0 Å². The average molecular weight is 308 g/mol. The molecule has 5 heteroatoms. The third kappa shape index (κ3) is 3.04. The molecule has 0 radical (unpaired) electrons. The topological polar surface area (TPSA) is 63.0 Å². The Hall–Kier alpha value is -2.82. The highest BCUT2D eigenvalue weighted by Crippen LogP contribution is 2.27. The van der Waals surface area contributed by atoms with Gasteiger partial charge in [0.05, 0.1) is 5.54 Å². The highest BCUT2D eigenvalue weighted by Gasteiger charge is 2.27. The molecule has 0 aliphatic rings. The summed E-state index contributed by atoms with van der Waals surface area (Å²) in [5.74, 6) is 1.84. The van der Waals surface area contributed by atoms with E-state index in [0.717, 1.165) is 22.9 Å². The van der Waals surface area contributed by atoms with Crippen LogP contribution in [0, 0.1) is 0 Å². The molecule has 23 heavy (non-hydrogen) atoms. The molecule has 0 amide bonds. The number of para-hydroxylation sites is 1. The third-order valence-electron chi connectivity index (χ3n) is 3.79. The first-order valence-corrected chi connectivity index (χ1v) is 7.50. The highest BCUT2D eigenvalue weighted by molar-refractivity contribution is 5.57. The lowest BCUT2D eigenvalue weighted by molar-refractivity contribution is 0.475. The fourth-order valence-electron chi connectivity index (χ4n) is 2.67. The smallest absolute Gasteiger partial charge is 0.163 e. The van der Waals surface area contributed by atoms with E-state index < -0.39 is 0 Å². The summed E-state index contributed by atoms with van der Waals surface area (Å²) in [4.78, 5) is 0. The van der Waals surface area contributed by atoms with Gasteiger partial charge in [-0.25, -0.2) is 0 Å². The maximum atomic E-state index is 9.42. The SMILES string of the molecule is Cn1c(-c2ccc(O)cc2)nnc1C(C)(C)Nc1ccccc1. The number of hydrogen-bond acceptors (Lipinski definition) is 4. The van der Waals surface area contributed by atoms with E-state index >= 15 is 0 Å². The molecule has 0 saturated carbocycles. The van der Waals surface area contributed by atoms with Gasteiger partial charge in [0.15, 0.2) is 11.6 Å². The zero-order chi connectivity index (χ0) is 16.4. The van der Waals surface area contributed by atoms with E-state index in [0.29, 0.717) is 0 Å². The van der Waals surface area contributed by atoms with Gasteiger partial charge in [0.25, 0.3) is 0 Å². The van der Waals surface area contributed by atoms with Gasteiger partial charge in [-0.3, -0.25) is 0 Å². The van der Waals surface area contributed by atoms with Crippen LogP contribution in [0.5, 0.6) is 5.75 Å². The molecule has 2 N–H and O–H groups in total. The molecule has 3 rings (SSSR count). The van der Waals surface area contributed by atoms with Crippen molar-refractivity contribution in [1.82, 2.24) is 14.8 Å². The number of rotatable bonds is 4. The predicted octanol–water partition coefficient (Wildman–Crippen LogP) is 3.53. The second-order valence-corrected chi connectivity index (χ2v) is 6.07. The van der Waals surface area contributed by atoms with Crippen molar-refractivity contribution in [2.45, 2.75) is 19.4 Å². The van der Waals surface area contributed by atoms with Crippen LogP contribution in [0.25, 0.3) is 11.4 Å². The zero-order valence-electron chi connectivity index (χ0n) is 13.5. The van der Waals surface area contributed by atoms with Crippen LogP contribution in [0.2, 0.25) is 0 Å². The summed E-state index contributed by atoms with van der Waals surface area (Å²) in [6.07, 6.45) is 0. The van der Waals surface area contributed by atoms with E-state index in [9.17, 15) is 5.11 Å². The summed E-state index contributed by atoms with van der Waals surface area (Å²) < 4.78 is 1.97. The average Bonchev–Trinajstić information content (AvgIpc) is 2.91. The van der Waals surface area contributed by atoms with E-state index in [1.54, 1.807) is 12.1 Å². The van der Waals surface area contributed by atoms with Gasteiger partial charge >= 0.3 is 0 Å². The zero-order valence-corrected chi connectivity index (χ0v) is 13.5. The maximum Gasteiger partial charge on any atom is 0.163 e. The summed E-state index contributed by atoms with van der Waals surface area (Å²) in [6, 6.07) is 17.0. The Labute approximate surface area is 135 Å². The molecule has 5 nitrogen and oxygen atoms in total. The van der Waals surface area contributed by atoms with Gasteiger partial charge in [-0.1, -0.05) is 18.2 Å². The quantitative estimate of drug-likeness (QED) is 0.774.